The third kappa shape index (κ3) is 0.920. The summed E-state index contributed by atoms with van der Waals surface area (Å²) in [5.74, 6) is 0. The van der Waals surface area contributed by atoms with Gasteiger partial charge in [0, 0.05) is 0 Å². The summed E-state index contributed by atoms with van der Waals surface area (Å²) >= 11 is 0. The molecule has 0 atom stereocenters. The van der Waals surface area contributed by atoms with Crippen molar-refractivity contribution in [1.82, 2.24) is 20.2 Å². The number of aromatic nitrogens is 4. The third-order valence-corrected chi connectivity index (χ3v) is 1.49. The molecule has 0 spiro atoms. The quantitative estimate of drug-likeness (QED) is 0.549. The topological polar surface area (TPSA) is 51.6 Å². The van der Waals surface area contributed by atoms with Crippen LogP contribution in [-0.4, -0.2) is 20.2 Å². The van der Waals surface area contributed by atoms with Crippen LogP contribution in [0.4, 0.5) is 0 Å². The van der Waals surface area contributed by atoms with Gasteiger partial charge in [-0.1, -0.05) is 0 Å². The Labute approximate surface area is 63.3 Å². The van der Waals surface area contributed by atoms with Crippen molar-refractivity contribution in [3.05, 3.63) is 24.3 Å². The maximum atomic E-state index is 4.03. The molecule has 2 aromatic heterocycles. The van der Waals surface area contributed by atoms with E-state index in [1.54, 1.807) is 6.20 Å². The minimum atomic E-state index is 0.773. The molecule has 0 aliphatic heterocycles. The maximum Gasteiger partial charge on any atom is 0.133 e. The lowest BCUT2D eigenvalue weighted by atomic mass is 10.3. The predicted molar refractivity (Wildman–Crippen MR) is 39.9 cm³/mol. The van der Waals surface area contributed by atoms with Crippen LogP contribution in [0.5, 0.6) is 0 Å². The van der Waals surface area contributed by atoms with Crippen molar-refractivity contribution in [3.8, 4) is 0 Å². The van der Waals surface area contributed by atoms with Gasteiger partial charge in [0.2, 0.25) is 0 Å². The molecule has 0 aliphatic carbocycles. The van der Waals surface area contributed by atoms with Gasteiger partial charge >= 0.3 is 0 Å². The molecule has 0 fully saturated rings. The smallest absolute Gasteiger partial charge is 0.133 e. The minimum Gasteiger partial charge on any atom is -0.239 e. The first-order valence-electron chi connectivity index (χ1n) is 3.27. The highest BCUT2D eigenvalue weighted by molar-refractivity contribution is 5.74. The van der Waals surface area contributed by atoms with E-state index in [9.17, 15) is 0 Å². The lowest BCUT2D eigenvalue weighted by Gasteiger charge is -1.94. The molecular formula is C7H6N4. The van der Waals surface area contributed by atoms with Crippen LogP contribution in [0.25, 0.3) is 11.0 Å². The van der Waals surface area contributed by atoms with Gasteiger partial charge in [-0.15, -0.1) is 5.10 Å². The Hall–Kier alpha value is -1.58. The molecule has 0 saturated heterocycles. The van der Waals surface area contributed by atoms with Crippen LogP contribution in [-0.2, 0) is 0 Å². The highest BCUT2D eigenvalue weighted by Crippen LogP contribution is 2.06. The van der Waals surface area contributed by atoms with Gasteiger partial charge < -0.3 is 0 Å². The fraction of sp³-hybridized carbons (Fsp3) is 0.143. The zero-order valence-corrected chi connectivity index (χ0v) is 6.02. The summed E-state index contributed by atoms with van der Waals surface area (Å²) in [7, 11) is 0. The second-order valence-electron chi connectivity index (χ2n) is 2.22. The van der Waals surface area contributed by atoms with E-state index in [2.05, 4.69) is 20.2 Å². The van der Waals surface area contributed by atoms with Gasteiger partial charge in [-0.2, -0.15) is 5.10 Å². The molecule has 0 amide bonds. The Bertz CT molecular complexity index is 380. The van der Waals surface area contributed by atoms with Crippen molar-refractivity contribution in [2.75, 3.05) is 0 Å². The number of hydrogen-bond donors (Lipinski definition) is 0. The van der Waals surface area contributed by atoms with Gasteiger partial charge in [0.05, 0.1) is 17.4 Å². The van der Waals surface area contributed by atoms with Gasteiger partial charge in [-0.25, -0.2) is 9.97 Å². The average molecular weight is 146 g/mol. The van der Waals surface area contributed by atoms with Crippen molar-refractivity contribution in [2.24, 2.45) is 0 Å². The molecule has 0 aromatic carbocycles. The first kappa shape index (κ1) is 6.15. The van der Waals surface area contributed by atoms with E-state index in [1.807, 2.05) is 13.0 Å². The molecule has 2 aromatic rings. The van der Waals surface area contributed by atoms with Crippen molar-refractivity contribution >= 4 is 11.0 Å². The molecule has 54 valence electrons. The molecule has 2 heterocycles. The summed E-state index contributed by atoms with van der Waals surface area (Å²) in [5.41, 5.74) is 2.48. The second-order valence-corrected chi connectivity index (χ2v) is 2.22. The Balaban J connectivity index is 2.91. The van der Waals surface area contributed by atoms with E-state index in [0.29, 0.717) is 0 Å². The molecule has 0 radical (unpaired) electrons. The zero-order chi connectivity index (χ0) is 7.68. The van der Waals surface area contributed by atoms with Gasteiger partial charge in [-0.3, -0.25) is 0 Å². The molecule has 0 aliphatic rings. The summed E-state index contributed by atoms with van der Waals surface area (Å²) in [4.78, 5) is 8.02. The lowest BCUT2D eigenvalue weighted by molar-refractivity contribution is 1.03. The summed E-state index contributed by atoms with van der Waals surface area (Å²) in [5, 5.41) is 7.65. The highest BCUT2D eigenvalue weighted by Gasteiger charge is 1.97. The van der Waals surface area contributed by atoms with Gasteiger partial charge in [0.25, 0.3) is 0 Å². The fourth-order valence-electron chi connectivity index (χ4n) is 0.926. The van der Waals surface area contributed by atoms with E-state index < -0.39 is 0 Å². The summed E-state index contributed by atoms with van der Waals surface area (Å²) in [6, 6.07) is 1.82. The van der Waals surface area contributed by atoms with Crippen LogP contribution in [0.15, 0.2) is 18.6 Å². The Morgan fingerprint density at radius 3 is 3.00 bits per heavy atom. The van der Waals surface area contributed by atoms with E-state index in [0.717, 1.165) is 16.7 Å². The first-order chi connectivity index (χ1) is 5.38. The molecule has 4 heteroatoms. The Morgan fingerprint density at radius 2 is 2.18 bits per heavy atom. The number of fused-ring (bicyclic) bond motifs is 1. The van der Waals surface area contributed by atoms with Crippen molar-refractivity contribution < 1.29 is 0 Å². The van der Waals surface area contributed by atoms with Crippen LogP contribution in [0.2, 0.25) is 0 Å². The molecular weight excluding hydrogens is 140 g/mol. The number of nitrogens with zero attached hydrogens (tertiary/aromatic N) is 4. The molecule has 0 unspecified atom stereocenters. The summed E-state index contributed by atoms with van der Waals surface area (Å²) < 4.78 is 0. The van der Waals surface area contributed by atoms with E-state index >= 15 is 0 Å². The maximum absolute atomic E-state index is 4.03. The molecule has 4 nitrogen and oxygen atoms in total. The van der Waals surface area contributed by atoms with Gasteiger partial charge in [-0.05, 0) is 13.0 Å². The van der Waals surface area contributed by atoms with Gasteiger partial charge in [0.1, 0.15) is 11.8 Å². The lowest BCUT2D eigenvalue weighted by Crippen LogP contribution is -1.90. The summed E-state index contributed by atoms with van der Waals surface area (Å²) in [6.45, 7) is 1.89. The van der Waals surface area contributed by atoms with Gasteiger partial charge in [0.15, 0.2) is 0 Å². The highest BCUT2D eigenvalue weighted by atomic mass is 15.1. The first-order valence-corrected chi connectivity index (χ1v) is 3.27. The normalized spacial score (nSPS) is 10.3. The summed E-state index contributed by atoms with van der Waals surface area (Å²) in [6.07, 6.45) is 3.15. The molecule has 11 heavy (non-hydrogen) atoms. The van der Waals surface area contributed by atoms with Crippen molar-refractivity contribution in [3.63, 3.8) is 0 Å². The number of rotatable bonds is 0. The van der Waals surface area contributed by atoms with Crippen LogP contribution in [0.1, 0.15) is 5.69 Å². The largest absolute Gasteiger partial charge is 0.239 e. The van der Waals surface area contributed by atoms with Crippen molar-refractivity contribution in [1.29, 1.82) is 0 Å². The van der Waals surface area contributed by atoms with E-state index in [4.69, 9.17) is 0 Å². The molecule has 0 bridgehead atoms. The van der Waals surface area contributed by atoms with E-state index in [-0.39, 0.29) is 0 Å². The van der Waals surface area contributed by atoms with Crippen LogP contribution in [0.3, 0.4) is 0 Å². The standard InChI is InChI=1S/C7H6N4/c1-5-7-6(9-4-8-5)2-3-10-11-7/h2-4H,1H3. The SMILES string of the molecule is Cc1ncnc2ccnnc12. The molecule has 2 rings (SSSR count). The third-order valence-electron chi connectivity index (χ3n) is 1.49. The Morgan fingerprint density at radius 1 is 1.27 bits per heavy atom. The van der Waals surface area contributed by atoms with Crippen LogP contribution < -0.4 is 0 Å². The fourth-order valence-corrected chi connectivity index (χ4v) is 0.926. The zero-order valence-electron chi connectivity index (χ0n) is 6.02. The van der Waals surface area contributed by atoms with Crippen LogP contribution in [0, 0.1) is 6.92 Å². The predicted octanol–water partition coefficient (Wildman–Crippen LogP) is 0.728. The minimum absolute atomic E-state index is 0.773. The second kappa shape index (κ2) is 2.23. The number of aryl methyl sites for hydroxylation is 1. The number of hydrogen-bond acceptors (Lipinski definition) is 4. The average Bonchev–Trinajstić information content (AvgIpc) is 2.06. The molecule has 0 saturated carbocycles. The monoisotopic (exact) mass is 146 g/mol. The van der Waals surface area contributed by atoms with Crippen LogP contribution >= 0.6 is 0 Å². The van der Waals surface area contributed by atoms with Crippen molar-refractivity contribution in [2.45, 2.75) is 6.92 Å². The molecule has 0 N–H and O–H groups in total. The van der Waals surface area contributed by atoms with E-state index in [1.165, 1.54) is 6.33 Å². The Kier molecular flexibility index (Phi) is 1.25.